The Bertz CT molecular complexity index is 508. The maximum Gasteiger partial charge on any atom is 0.260 e. The highest BCUT2D eigenvalue weighted by Crippen LogP contribution is 2.29. The second kappa shape index (κ2) is 6.48. The molecule has 1 aromatic carbocycles. The lowest BCUT2D eigenvalue weighted by molar-refractivity contribution is -0.134. The zero-order valence-corrected chi connectivity index (χ0v) is 12.8. The van der Waals surface area contributed by atoms with E-state index in [0.29, 0.717) is 0 Å². The summed E-state index contributed by atoms with van der Waals surface area (Å²) in [6, 6.07) is 6.23. The molecule has 0 aromatic heterocycles. The molecule has 1 heterocycles. The molecule has 0 unspecified atom stereocenters. The zero-order chi connectivity index (χ0) is 14.7. The Morgan fingerprint density at radius 1 is 1.14 bits per heavy atom. The Balaban J connectivity index is 1.59. The lowest BCUT2D eigenvalue weighted by Crippen LogP contribution is -2.48. The summed E-state index contributed by atoms with van der Waals surface area (Å²) in [4.78, 5) is 16.4. The van der Waals surface area contributed by atoms with Crippen molar-refractivity contribution in [3.8, 4) is 5.75 Å². The Kier molecular flexibility index (Phi) is 4.44. The topological polar surface area (TPSA) is 32.8 Å². The first kappa shape index (κ1) is 14.4. The van der Waals surface area contributed by atoms with Crippen LogP contribution in [0, 0.1) is 0 Å². The summed E-state index contributed by atoms with van der Waals surface area (Å²) in [5.74, 6) is 1.02. The van der Waals surface area contributed by atoms with Crippen LogP contribution in [0.25, 0.3) is 0 Å². The lowest BCUT2D eigenvalue weighted by atomic mass is 9.91. The average Bonchev–Trinajstić information content (AvgIpc) is 2.53. The second-order valence-electron chi connectivity index (χ2n) is 6.07. The van der Waals surface area contributed by atoms with Crippen LogP contribution >= 0.6 is 0 Å². The van der Waals surface area contributed by atoms with Gasteiger partial charge in [0, 0.05) is 26.2 Å². The Morgan fingerprint density at radius 3 is 2.71 bits per heavy atom. The standard InChI is InChI=1S/C17H24N2O2/c1-18-9-11-19(12-10-18)17(20)13-21-16-8-4-6-14-5-2-3-7-15(14)16/h4,6,8H,2-3,5,7,9-13H2,1H3. The van der Waals surface area contributed by atoms with E-state index in [2.05, 4.69) is 18.0 Å². The van der Waals surface area contributed by atoms with Gasteiger partial charge in [-0.1, -0.05) is 12.1 Å². The van der Waals surface area contributed by atoms with Crippen LogP contribution in [0.3, 0.4) is 0 Å². The Labute approximate surface area is 126 Å². The van der Waals surface area contributed by atoms with Gasteiger partial charge in [0.15, 0.2) is 6.61 Å². The van der Waals surface area contributed by atoms with Gasteiger partial charge in [-0.25, -0.2) is 0 Å². The number of carbonyl (C=O) groups excluding carboxylic acids is 1. The summed E-state index contributed by atoms with van der Waals surface area (Å²) < 4.78 is 5.84. The molecule has 1 aromatic rings. The van der Waals surface area contributed by atoms with Crippen LogP contribution < -0.4 is 4.74 Å². The minimum absolute atomic E-state index is 0.108. The average molecular weight is 288 g/mol. The van der Waals surface area contributed by atoms with Crippen molar-refractivity contribution in [3.63, 3.8) is 0 Å². The number of hydrogen-bond acceptors (Lipinski definition) is 3. The van der Waals surface area contributed by atoms with E-state index >= 15 is 0 Å². The minimum Gasteiger partial charge on any atom is -0.483 e. The number of rotatable bonds is 3. The van der Waals surface area contributed by atoms with E-state index in [1.54, 1.807) is 0 Å². The Hall–Kier alpha value is -1.55. The van der Waals surface area contributed by atoms with Gasteiger partial charge in [0.2, 0.25) is 0 Å². The third-order valence-electron chi connectivity index (χ3n) is 4.56. The van der Waals surface area contributed by atoms with Crippen LogP contribution in [0.2, 0.25) is 0 Å². The summed E-state index contributed by atoms with van der Waals surface area (Å²) in [6.07, 6.45) is 4.70. The number of hydrogen-bond donors (Lipinski definition) is 0. The summed E-state index contributed by atoms with van der Waals surface area (Å²) >= 11 is 0. The third kappa shape index (κ3) is 3.38. The molecule has 114 valence electrons. The van der Waals surface area contributed by atoms with Crippen LogP contribution in [0.1, 0.15) is 24.0 Å². The van der Waals surface area contributed by atoms with Gasteiger partial charge in [-0.2, -0.15) is 0 Å². The van der Waals surface area contributed by atoms with Crippen molar-refractivity contribution in [1.82, 2.24) is 9.80 Å². The van der Waals surface area contributed by atoms with Crippen molar-refractivity contribution < 1.29 is 9.53 Å². The number of benzene rings is 1. The van der Waals surface area contributed by atoms with Gasteiger partial charge in [-0.05, 0) is 49.9 Å². The molecule has 2 aliphatic rings. The normalized spacial score (nSPS) is 19.2. The molecule has 1 saturated heterocycles. The van der Waals surface area contributed by atoms with Crippen molar-refractivity contribution in [1.29, 1.82) is 0 Å². The molecule has 3 rings (SSSR count). The van der Waals surface area contributed by atoms with Gasteiger partial charge >= 0.3 is 0 Å². The van der Waals surface area contributed by atoms with E-state index in [0.717, 1.165) is 44.8 Å². The number of carbonyl (C=O) groups is 1. The maximum absolute atomic E-state index is 12.2. The Morgan fingerprint density at radius 2 is 1.90 bits per heavy atom. The molecule has 1 aliphatic carbocycles. The maximum atomic E-state index is 12.2. The van der Waals surface area contributed by atoms with Crippen molar-refractivity contribution >= 4 is 5.91 Å². The zero-order valence-electron chi connectivity index (χ0n) is 12.8. The molecular weight excluding hydrogens is 264 g/mol. The van der Waals surface area contributed by atoms with Crippen LogP contribution in [0.15, 0.2) is 18.2 Å². The van der Waals surface area contributed by atoms with E-state index in [1.165, 1.54) is 24.0 Å². The highest BCUT2D eigenvalue weighted by molar-refractivity contribution is 5.78. The first-order chi connectivity index (χ1) is 10.2. The van der Waals surface area contributed by atoms with E-state index in [4.69, 9.17) is 4.74 Å². The van der Waals surface area contributed by atoms with Crippen molar-refractivity contribution in [3.05, 3.63) is 29.3 Å². The second-order valence-corrected chi connectivity index (χ2v) is 6.07. The molecule has 1 fully saturated rings. The van der Waals surface area contributed by atoms with Crippen LogP contribution in [-0.2, 0) is 17.6 Å². The summed E-state index contributed by atoms with van der Waals surface area (Å²) in [7, 11) is 2.09. The molecule has 1 amide bonds. The molecular formula is C17H24N2O2. The van der Waals surface area contributed by atoms with Gasteiger partial charge in [0.25, 0.3) is 5.91 Å². The summed E-state index contributed by atoms with van der Waals surface area (Å²) in [5, 5.41) is 0. The number of likely N-dealkylation sites (N-methyl/N-ethyl adjacent to an activating group) is 1. The van der Waals surface area contributed by atoms with Crippen molar-refractivity contribution in [2.24, 2.45) is 0 Å². The van der Waals surface area contributed by atoms with Gasteiger partial charge in [0.05, 0.1) is 0 Å². The predicted molar refractivity (Wildman–Crippen MR) is 82.7 cm³/mol. The number of fused-ring (bicyclic) bond motifs is 1. The van der Waals surface area contributed by atoms with Gasteiger partial charge < -0.3 is 14.5 Å². The smallest absolute Gasteiger partial charge is 0.260 e. The predicted octanol–water partition coefficient (Wildman–Crippen LogP) is 1.72. The molecule has 1 aliphatic heterocycles. The van der Waals surface area contributed by atoms with Crippen molar-refractivity contribution in [2.75, 3.05) is 39.8 Å². The highest BCUT2D eigenvalue weighted by Gasteiger charge is 2.20. The molecule has 0 atom stereocenters. The number of ether oxygens (including phenoxy) is 1. The molecule has 0 bridgehead atoms. The molecule has 0 radical (unpaired) electrons. The molecule has 0 saturated carbocycles. The first-order valence-corrected chi connectivity index (χ1v) is 7.94. The summed E-state index contributed by atoms with van der Waals surface area (Å²) in [6.45, 7) is 3.69. The molecule has 0 N–H and O–H groups in total. The van der Waals surface area contributed by atoms with E-state index in [1.807, 2.05) is 17.0 Å². The number of aryl methyl sites for hydroxylation is 1. The minimum atomic E-state index is 0.108. The molecule has 0 spiro atoms. The SMILES string of the molecule is CN1CCN(C(=O)COc2cccc3c2CCCC3)CC1. The van der Waals surface area contributed by atoms with Crippen LogP contribution in [0.5, 0.6) is 5.75 Å². The number of amides is 1. The summed E-state index contributed by atoms with van der Waals surface area (Å²) in [5.41, 5.74) is 2.71. The number of piperazine rings is 1. The van der Waals surface area contributed by atoms with Crippen LogP contribution in [-0.4, -0.2) is 55.5 Å². The van der Waals surface area contributed by atoms with Gasteiger partial charge in [-0.3, -0.25) is 4.79 Å². The van der Waals surface area contributed by atoms with E-state index in [9.17, 15) is 4.79 Å². The fourth-order valence-corrected chi connectivity index (χ4v) is 3.17. The lowest BCUT2D eigenvalue weighted by Gasteiger charge is -2.32. The monoisotopic (exact) mass is 288 g/mol. The molecule has 21 heavy (non-hydrogen) atoms. The number of nitrogens with zero attached hydrogens (tertiary/aromatic N) is 2. The van der Waals surface area contributed by atoms with Gasteiger partial charge in [0.1, 0.15) is 5.75 Å². The van der Waals surface area contributed by atoms with Crippen molar-refractivity contribution in [2.45, 2.75) is 25.7 Å². The van der Waals surface area contributed by atoms with Crippen LogP contribution in [0.4, 0.5) is 0 Å². The fraction of sp³-hybridized carbons (Fsp3) is 0.588. The van der Waals surface area contributed by atoms with Gasteiger partial charge in [-0.15, -0.1) is 0 Å². The molecule has 4 heteroatoms. The first-order valence-electron chi connectivity index (χ1n) is 7.94. The van der Waals surface area contributed by atoms with E-state index in [-0.39, 0.29) is 12.5 Å². The highest BCUT2D eigenvalue weighted by atomic mass is 16.5. The third-order valence-corrected chi connectivity index (χ3v) is 4.56. The molecule has 4 nitrogen and oxygen atoms in total. The largest absolute Gasteiger partial charge is 0.483 e. The van der Waals surface area contributed by atoms with E-state index < -0.39 is 0 Å². The fourth-order valence-electron chi connectivity index (χ4n) is 3.17. The quantitative estimate of drug-likeness (QED) is 0.849.